The van der Waals surface area contributed by atoms with Crippen molar-refractivity contribution in [2.24, 2.45) is 0 Å². The Hall–Kier alpha value is -3.56. The monoisotopic (exact) mass is 476 g/mol. The summed E-state index contributed by atoms with van der Waals surface area (Å²) in [6, 6.07) is 7.67. The van der Waals surface area contributed by atoms with Gasteiger partial charge >= 0.3 is 0 Å². The van der Waals surface area contributed by atoms with Gasteiger partial charge in [-0.2, -0.15) is 0 Å². The van der Waals surface area contributed by atoms with E-state index in [0.717, 1.165) is 16.9 Å². The van der Waals surface area contributed by atoms with Gasteiger partial charge in [0.25, 0.3) is 5.91 Å². The Morgan fingerprint density at radius 1 is 1.32 bits per heavy atom. The molecule has 1 fully saturated rings. The molecule has 0 radical (unpaired) electrons. The second-order valence-corrected chi connectivity index (χ2v) is 9.53. The molecule has 4 aromatic rings. The molecule has 0 spiro atoms. The smallest absolute Gasteiger partial charge is 0.261 e. The highest BCUT2D eigenvalue weighted by molar-refractivity contribution is 7.09. The number of thiophene rings is 1. The van der Waals surface area contributed by atoms with Gasteiger partial charge < -0.3 is 15.0 Å². The maximum atomic E-state index is 15.5. The molecule has 2 N–H and O–H groups in total. The Morgan fingerprint density at radius 3 is 3.00 bits per heavy atom. The predicted molar refractivity (Wildman–Crippen MR) is 126 cm³/mol. The fraction of sp³-hybridized carbons (Fsp3) is 0.240. The minimum Gasteiger partial charge on any atom is -0.381 e. The summed E-state index contributed by atoms with van der Waals surface area (Å²) >= 11 is 1.53. The largest absolute Gasteiger partial charge is 0.381 e. The lowest BCUT2D eigenvalue weighted by atomic mass is 9.93. The van der Waals surface area contributed by atoms with Crippen molar-refractivity contribution in [3.05, 3.63) is 81.7 Å². The SMILES string of the molecule is O=C(NCc1cccs1)C1c2c[nH]c3cncc(c23)C(=O)N1c1ccc(C2CCOC2)cc1F. The fourth-order valence-electron chi connectivity index (χ4n) is 4.83. The van der Waals surface area contributed by atoms with Gasteiger partial charge in [-0.05, 0) is 35.6 Å². The van der Waals surface area contributed by atoms with E-state index in [4.69, 9.17) is 4.74 Å². The summed E-state index contributed by atoms with van der Waals surface area (Å²) in [6.07, 6.45) is 5.62. The van der Waals surface area contributed by atoms with Crippen molar-refractivity contribution in [1.29, 1.82) is 0 Å². The molecule has 2 amide bonds. The number of rotatable bonds is 5. The molecule has 172 valence electrons. The molecule has 9 heteroatoms. The van der Waals surface area contributed by atoms with Crippen molar-refractivity contribution < 1.29 is 18.7 Å². The third-order valence-electron chi connectivity index (χ3n) is 6.52. The number of hydrogen-bond donors (Lipinski definition) is 2. The number of nitrogens with one attached hydrogen (secondary N) is 2. The van der Waals surface area contributed by atoms with Gasteiger partial charge in [-0.15, -0.1) is 11.3 Å². The number of ether oxygens (including phenoxy) is 1. The summed E-state index contributed by atoms with van der Waals surface area (Å²) < 4.78 is 20.9. The Labute approximate surface area is 198 Å². The lowest BCUT2D eigenvalue weighted by molar-refractivity contribution is -0.122. The van der Waals surface area contributed by atoms with Crippen LogP contribution in [0.3, 0.4) is 0 Å². The molecule has 2 aliphatic rings. The summed E-state index contributed by atoms with van der Waals surface area (Å²) in [4.78, 5) is 36.6. The number of pyridine rings is 1. The Morgan fingerprint density at radius 2 is 2.24 bits per heavy atom. The average Bonchev–Trinajstić information content (AvgIpc) is 3.62. The van der Waals surface area contributed by atoms with Crippen LogP contribution in [0, 0.1) is 5.82 Å². The van der Waals surface area contributed by atoms with E-state index in [1.807, 2.05) is 23.6 Å². The van der Waals surface area contributed by atoms with Gasteiger partial charge in [-0.25, -0.2) is 4.39 Å². The minimum atomic E-state index is -1.02. The van der Waals surface area contributed by atoms with Crippen LogP contribution in [-0.2, 0) is 16.1 Å². The molecule has 3 aromatic heterocycles. The molecule has 7 nitrogen and oxygen atoms in total. The number of hydrogen-bond acceptors (Lipinski definition) is 5. The van der Waals surface area contributed by atoms with Gasteiger partial charge in [0.2, 0.25) is 5.91 Å². The normalized spacial score (nSPS) is 19.7. The topological polar surface area (TPSA) is 87.3 Å². The van der Waals surface area contributed by atoms with E-state index in [1.165, 1.54) is 28.5 Å². The van der Waals surface area contributed by atoms with Crippen LogP contribution >= 0.6 is 11.3 Å². The zero-order chi connectivity index (χ0) is 23.2. The van der Waals surface area contributed by atoms with E-state index in [2.05, 4.69) is 15.3 Å². The Bertz CT molecular complexity index is 1390. The van der Waals surface area contributed by atoms with Gasteiger partial charge in [-0.3, -0.25) is 19.5 Å². The van der Waals surface area contributed by atoms with Crippen molar-refractivity contribution in [1.82, 2.24) is 15.3 Å². The number of anilines is 1. The summed E-state index contributed by atoms with van der Waals surface area (Å²) in [6.45, 7) is 1.53. The summed E-state index contributed by atoms with van der Waals surface area (Å²) in [5.41, 5.74) is 2.50. The first-order valence-corrected chi connectivity index (χ1v) is 12.0. The zero-order valence-electron chi connectivity index (χ0n) is 18.1. The zero-order valence-corrected chi connectivity index (χ0v) is 18.9. The Kier molecular flexibility index (Phi) is 5.15. The molecule has 2 aliphatic heterocycles. The third-order valence-corrected chi connectivity index (χ3v) is 7.39. The van der Waals surface area contributed by atoms with Crippen molar-refractivity contribution in [3.8, 4) is 0 Å². The van der Waals surface area contributed by atoms with Crippen LogP contribution in [0.2, 0.25) is 0 Å². The first kappa shape index (κ1) is 21.0. The molecule has 1 saturated heterocycles. The van der Waals surface area contributed by atoms with Gasteiger partial charge in [0.05, 0.1) is 36.1 Å². The summed E-state index contributed by atoms with van der Waals surface area (Å²) in [5, 5.41) is 5.50. The van der Waals surface area contributed by atoms with Crippen molar-refractivity contribution in [3.63, 3.8) is 0 Å². The molecule has 0 aliphatic carbocycles. The van der Waals surface area contributed by atoms with Crippen molar-refractivity contribution in [2.45, 2.75) is 24.9 Å². The quantitative estimate of drug-likeness (QED) is 0.450. The first-order chi connectivity index (χ1) is 16.6. The van der Waals surface area contributed by atoms with E-state index in [-0.39, 0.29) is 17.5 Å². The lowest BCUT2D eigenvalue weighted by Gasteiger charge is -2.34. The Balaban J connectivity index is 1.43. The molecule has 5 heterocycles. The second kappa shape index (κ2) is 8.34. The molecular weight excluding hydrogens is 455 g/mol. The van der Waals surface area contributed by atoms with Gasteiger partial charge in [0.15, 0.2) is 0 Å². The number of amides is 2. The third kappa shape index (κ3) is 3.39. The molecular formula is C25H21FN4O3S. The number of nitrogens with zero attached hydrogens (tertiary/aromatic N) is 2. The van der Waals surface area contributed by atoms with Crippen molar-refractivity contribution >= 4 is 39.7 Å². The molecule has 0 saturated carbocycles. The lowest BCUT2D eigenvalue weighted by Crippen LogP contribution is -2.46. The van der Waals surface area contributed by atoms with Crippen LogP contribution in [0.1, 0.15) is 44.7 Å². The van der Waals surface area contributed by atoms with Crippen LogP contribution in [0.15, 0.2) is 54.3 Å². The highest BCUT2D eigenvalue weighted by Crippen LogP contribution is 2.41. The van der Waals surface area contributed by atoms with Gasteiger partial charge in [0.1, 0.15) is 11.9 Å². The fourth-order valence-corrected chi connectivity index (χ4v) is 5.48. The van der Waals surface area contributed by atoms with E-state index in [0.29, 0.717) is 41.8 Å². The molecule has 2 unspecified atom stereocenters. The maximum absolute atomic E-state index is 15.5. The van der Waals surface area contributed by atoms with Crippen LogP contribution in [0.4, 0.5) is 10.1 Å². The number of carbonyl (C=O) groups excluding carboxylic acids is 2. The number of carbonyl (C=O) groups is 2. The maximum Gasteiger partial charge on any atom is 0.261 e. The predicted octanol–water partition coefficient (Wildman–Crippen LogP) is 4.29. The standard InChI is InChI=1S/C25H21FN4O3S/c26-19-8-14(15-5-6-33-13-15)3-4-21(19)30-23(24(31)29-9-16-2-1-7-34-16)17-11-28-20-12-27-10-18(22(17)20)25(30)32/h1-4,7-8,10-12,15,23,28H,5-6,9,13H2,(H,29,31). The van der Waals surface area contributed by atoms with E-state index in [9.17, 15) is 9.59 Å². The highest BCUT2D eigenvalue weighted by Gasteiger charge is 2.41. The number of benzene rings is 1. The molecule has 34 heavy (non-hydrogen) atoms. The molecule has 2 atom stereocenters. The molecule has 0 bridgehead atoms. The minimum absolute atomic E-state index is 0.0628. The highest BCUT2D eigenvalue weighted by atomic mass is 32.1. The van der Waals surface area contributed by atoms with Crippen molar-refractivity contribution in [2.75, 3.05) is 18.1 Å². The van der Waals surface area contributed by atoms with Gasteiger partial charge in [0, 0.05) is 40.7 Å². The van der Waals surface area contributed by atoms with E-state index in [1.54, 1.807) is 18.5 Å². The van der Waals surface area contributed by atoms with Gasteiger partial charge in [-0.1, -0.05) is 12.1 Å². The molecule has 6 rings (SSSR count). The van der Waals surface area contributed by atoms with Crippen LogP contribution in [0.5, 0.6) is 0 Å². The summed E-state index contributed by atoms with van der Waals surface area (Å²) in [5.74, 6) is -1.26. The second-order valence-electron chi connectivity index (χ2n) is 8.50. The van der Waals surface area contributed by atoms with E-state index < -0.39 is 17.8 Å². The number of H-pyrrole nitrogens is 1. The average molecular weight is 477 g/mol. The van der Waals surface area contributed by atoms with E-state index >= 15 is 4.39 Å². The number of aromatic nitrogens is 2. The van der Waals surface area contributed by atoms with Crippen LogP contribution < -0.4 is 10.2 Å². The molecule has 1 aromatic carbocycles. The number of halogens is 1. The van der Waals surface area contributed by atoms with Crippen LogP contribution in [0.25, 0.3) is 10.9 Å². The van der Waals surface area contributed by atoms with Crippen LogP contribution in [-0.4, -0.2) is 35.0 Å². The first-order valence-electron chi connectivity index (χ1n) is 11.1. The number of aromatic amines is 1. The summed E-state index contributed by atoms with van der Waals surface area (Å²) in [7, 11) is 0.